The van der Waals surface area contributed by atoms with Gasteiger partial charge in [-0.15, -0.1) is 0 Å². The molecule has 1 atom stereocenters. The van der Waals surface area contributed by atoms with Crippen LogP contribution in [0.3, 0.4) is 0 Å². The number of rotatable bonds is 4. The van der Waals surface area contributed by atoms with E-state index in [9.17, 15) is 4.79 Å². The Hall–Kier alpha value is -1.72. The molecule has 1 saturated heterocycles. The number of fused-ring (bicyclic) bond motifs is 1. The highest BCUT2D eigenvalue weighted by Crippen LogP contribution is 2.19. The minimum Gasteiger partial charge on any atom is -0.309 e. The number of nitrogens with one attached hydrogen (secondary N) is 1. The Bertz CT molecular complexity index is 716. The van der Waals surface area contributed by atoms with Gasteiger partial charge in [0.1, 0.15) is 5.82 Å². The first-order valence-corrected chi connectivity index (χ1v) is 8.50. The summed E-state index contributed by atoms with van der Waals surface area (Å²) in [5.74, 6) is 1.48. The van der Waals surface area contributed by atoms with Crippen LogP contribution in [0.25, 0.3) is 10.9 Å². The van der Waals surface area contributed by atoms with Gasteiger partial charge in [0, 0.05) is 32.7 Å². The summed E-state index contributed by atoms with van der Waals surface area (Å²) >= 11 is 0. The number of para-hydroxylation sites is 1. The van der Waals surface area contributed by atoms with Gasteiger partial charge in [-0.25, -0.2) is 4.98 Å². The van der Waals surface area contributed by atoms with Gasteiger partial charge in [0.15, 0.2) is 0 Å². The standard InChI is InChI=1S/C18H26N4O/c1-13(2)12-21-8-10-22(11-9-21)14(3)17-19-16-7-5-4-6-15(16)18(23)20-17/h4-7,13-14H,8-12H2,1-3H3,(H,19,20,23). The Labute approximate surface area is 137 Å². The molecule has 3 rings (SSSR count). The summed E-state index contributed by atoms with van der Waals surface area (Å²) in [6.07, 6.45) is 0. The van der Waals surface area contributed by atoms with Crippen molar-refractivity contribution in [2.24, 2.45) is 5.92 Å². The monoisotopic (exact) mass is 314 g/mol. The predicted molar refractivity (Wildman–Crippen MR) is 93.6 cm³/mol. The third kappa shape index (κ3) is 3.62. The zero-order valence-electron chi connectivity index (χ0n) is 14.2. The van der Waals surface area contributed by atoms with Crippen molar-refractivity contribution in [3.63, 3.8) is 0 Å². The Morgan fingerprint density at radius 3 is 2.52 bits per heavy atom. The van der Waals surface area contributed by atoms with E-state index in [0.29, 0.717) is 11.3 Å². The molecule has 2 heterocycles. The zero-order chi connectivity index (χ0) is 16.4. The fraction of sp³-hybridized carbons (Fsp3) is 0.556. The fourth-order valence-corrected chi connectivity index (χ4v) is 3.32. The van der Waals surface area contributed by atoms with Gasteiger partial charge in [-0.1, -0.05) is 26.0 Å². The molecule has 124 valence electrons. The van der Waals surface area contributed by atoms with Gasteiger partial charge in [0.2, 0.25) is 0 Å². The lowest BCUT2D eigenvalue weighted by atomic mass is 10.1. The van der Waals surface area contributed by atoms with Gasteiger partial charge in [-0.3, -0.25) is 9.69 Å². The van der Waals surface area contributed by atoms with E-state index in [1.807, 2.05) is 24.3 Å². The van der Waals surface area contributed by atoms with E-state index in [4.69, 9.17) is 0 Å². The normalized spacial score (nSPS) is 18.6. The molecule has 1 aliphatic rings. The number of hydrogen-bond acceptors (Lipinski definition) is 4. The number of aromatic nitrogens is 2. The van der Waals surface area contributed by atoms with Gasteiger partial charge in [-0.05, 0) is 25.0 Å². The van der Waals surface area contributed by atoms with E-state index in [0.717, 1.165) is 44.1 Å². The molecule has 0 aliphatic carbocycles. The first-order chi connectivity index (χ1) is 11.0. The summed E-state index contributed by atoms with van der Waals surface area (Å²) in [7, 11) is 0. The second-order valence-corrected chi connectivity index (χ2v) is 6.87. The first kappa shape index (κ1) is 16.1. The van der Waals surface area contributed by atoms with Gasteiger partial charge < -0.3 is 9.88 Å². The quantitative estimate of drug-likeness (QED) is 0.940. The SMILES string of the molecule is CC(C)CN1CCN(C(C)c2nc3ccccc3c(=O)[nH]2)CC1. The van der Waals surface area contributed by atoms with E-state index in [-0.39, 0.29) is 11.6 Å². The summed E-state index contributed by atoms with van der Waals surface area (Å²) in [6.45, 7) is 12.0. The molecule has 0 saturated carbocycles. The van der Waals surface area contributed by atoms with Crippen LogP contribution < -0.4 is 5.56 Å². The van der Waals surface area contributed by atoms with Gasteiger partial charge >= 0.3 is 0 Å². The fourth-order valence-electron chi connectivity index (χ4n) is 3.32. The molecular formula is C18H26N4O. The van der Waals surface area contributed by atoms with Crippen LogP contribution in [0.4, 0.5) is 0 Å². The van der Waals surface area contributed by atoms with Gasteiger partial charge in [0.25, 0.3) is 5.56 Å². The van der Waals surface area contributed by atoms with Crippen LogP contribution in [-0.4, -0.2) is 52.5 Å². The van der Waals surface area contributed by atoms with Crippen molar-refractivity contribution in [1.29, 1.82) is 0 Å². The van der Waals surface area contributed by atoms with E-state index < -0.39 is 0 Å². The van der Waals surface area contributed by atoms with Crippen molar-refractivity contribution in [3.05, 3.63) is 40.4 Å². The molecule has 0 amide bonds. The molecule has 23 heavy (non-hydrogen) atoms. The van der Waals surface area contributed by atoms with Gasteiger partial charge in [0.05, 0.1) is 16.9 Å². The molecule has 1 unspecified atom stereocenters. The second-order valence-electron chi connectivity index (χ2n) is 6.87. The molecular weight excluding hydrogens is 288 g/mol. The number of benzene rings is 1. The van der Waals surface area contributed by atoms with Crippen LogP contribution in [0.2, 0.25) is 0 Å². The van der Waals surface area contributed by atoms with Gasteiger partial charge in [-0.2, -0.15) is 0 Å². The average Bonchev–Trinajstić information content (AvgIpc) is 2.54. The zero-order valence-corrected chi connectivity index (χ0v) is 14.2. The van der Waals surface area contributed by atoms with Crippen molar-refractivity contribution >= 4 is 10.9 Å². The Morgan fingerprint density at radius 1 is 1.13 bits per heavy atom. The lowest BCUT2D eigenvalue weighted by Crippen LogP contribution is -2.48. The molecule has 1 aromatic carbocycles. The molecule has 5 heteroatoms. The molecule has 1 N–H and O–H groups in total. The van der Waals surface area contributed by atoms with Crippen LogP contribution in [0.1, 0.15) is 32.6 Å². The van der Waals surface area contributed by atoms with E-state index >= 15 is 0 Å². The summed E-state index contributed by atoms with van der Waals surface area (Å²) in [6, 6.07) is 7.65. The summed E-state index contributed by atoms with van der Waals surface area (Å²) in [4.78, 5) is 24.8. The minimum atomic E-state index is -0.0455. The maximum absolute atomic E-state index is 12.2. The third-order valence-corrected chi connectivity index (χ3v) is 4.60. The van der Waals surface area contributed by atoms with Crippen molar-refractivity contribution in [2.45, 2.75) is 26.8 Å². The largest absolute Gasteiger partial charge is 0.309 e. The average molecular weight is 314 g/mol. The van der Waals surface area contributed by atoms with Crippen LogP contribution in [-0.2, 0) is 0 Å². The molecule has 0 radical (unpaired) electrons. The number of nitrogens with zero attached hydrogens (tertiary/aromatic N) is 3. The first-order valence-electron chi connectivity index (χ1n) is 8.50. The van der Waals surface area contributed by atoms with Crippen molar-refractivity contribution in [2.75, 3.05) is 32.7 Å². The van der Waals surface area contributed by atoms with Crippen LogP contribution in [0.15, 0.2) is 29.1 Å². The Morgan fingerprint density at radius 2 is 1.83 bits per heavy atom. The summed E-state index contributed by atoms with van der Waals surface area (Å²) in [5.41, 5.74) is 0.729. The molecule has 1 fully saturated rings. The van der Waals surface area contributed by atoms with Crippen molar-refractivity contribution in [1.82, 2.24) is 19.8 Å². The van der Waals surface area contributed by atoms with Crippen LogP contribution in [0, 0.1) is 5.92 Å². The van der Waals surface area contributed by atoms with Crippen molar-refractivity contribution < 1.29 is 0 Å². The molecule has 0 spiro atoms. The van der Waals surface area contributed by atoms with Crippen LogP contribution in [0.5, 0.6) is 0 Å². The molecule has 5 nitrogen and oxygen atoms in total. The lowest BCUT2D eigenvalue weighted by molar-refractivity contribution is 0.0918. The number of hydrogen-bond donors (Lipinski definition) is 1. The van der Waals surface area contributed by atoms with E-state index in [1.54, 1.807) is 0 Å². The Kier molecular flexibility index (Phi) is 4.78. The third-order valence-electron chi connectivity index (χ3n) is 4.60. The molecule has 2 aromatic rings. The molecule has 0 bridgehead atoms. The smallest absolute Gasteiger partial charge is 0.258 e. The highest BCUT2D eigenvalue weighted by molar-refractivity contribution is 5.77. The molecule has 1 aromatic heterocycles. The van der Waals surface area contributed by atoms with E-state index in [1.165, 1.54) is 0 Å². The van der Waals surface area contributed by atoms with E-state index in [2.05, 4.69) is 40.5 Å². The highest BCUT2D eigenvalue weighted by atomic mass is 16.1. The predicted octanol–water partition coefficient (Wildman–Crippen LogP) is 2.26. The summed E-state index contributed by atoms with van der Waals surface area (Å²) in [5, 5.41) is 0.658. The number of aromatic amines is 1. The highest BCUT2D eigenvalue weighted by Gasteiger charge is 2.24. The maximum Gasteiger partial charge on any atom is 0.258 e. The lowest BCUT2D eigenvalue weighted by Gasteiger charge is -2.38. The van der Waals surface area contributed by atoms with Crippen LogP contribution >= 0.6 is 0 Å². The molecule has 1 aliphatic heterocycles. The maximum atomic E-state index is 12.2. The van der Waals surface area contributed by atoms with Crippen molar-refractivity contribution in [3.8, 4) is 0 Å². The number of piperazine rings is 1. The second kappa shape index (κ2) is 6.81. The summed E-state index contributed by atoms with van der Waals surface area (Å²) < 4.78 is 0. The minimum absolute atomic E-state index is 0.0455. The Balaban J connectivity index is 1.74. The topological polar surface area (TPSA) is 52.2 Å². The number of H-pyrrole nitrogens is 1.